The Kier molecular flexibility index (Phi) is 4.02. The van der Waals surface area contributed by atoms with E-state index < -0.39 is 0 Å². The Balaban J connectivity index is 1.96. The normalized spacial score (nSPS) is 26.5. The molecule has 0 bridgehead atoms. The molecule has 0 aromatic heterocycles. The van der Waals surface area contributed by atoms with Crippen LogP contribution in [0.25, 0.3) is 0 Å². The zero-order chi connectivity index (χ0) is 12.3. The highest BCUT2D eigenvalue weighted by Crippen LogP contribution is 2.24. The minimum absolute atomic E-state index is 0.0540. The van der Waals surface area contributed by atoms with Gasteiger partial charge in [-0.2, -0.15) is 0 Å². The average molecular weight is 234 g/mol. The van der Waals surface area contributed by atoms with E-state index in [9.17, 15) is 0 Å². The second-order valence-electron chi connectivity index (χ2n) is 5.02. The molecule has 1 aliphatic rings. The van der Waals surface area contributed by atoms with Gasteiger partial charge in [0, 0.05) is 12.1 Å². The third-order valence-electron chi connectivity index (χ3n) is 3.41. The molecule has 1 atom stereocenters. The lowest BCUT2D eigenvalue weighted by atomic mass is 9.94. The van der Waals surface area contributed by atoms with Crippen LogP contribution in [-0.2, 0) is 0 Å². The third-order valence-corrected chi connectivity index (χ3v) is 3.41. The molecule has 1 aromatic carbocycles. The first-order valence-electron chi connectivity index (χ1n) is 6.43. The standard InChI is InChI=1S/C14H22N2O/c1-10(15)11-3-2-4-14(9-11)17-13-7-5-12(16)6-8-13/h2-4,9-10,12-13H,5-8,15-16H2,1H3. The molecule has 0 radical (unpaired) electrons. The summed E-state index contributed by atoms with van der Waals surface area (Å²) in [5, 5.41) is 0. The van der Waals surface area contributed by atoms with Crippen LogP contribution in [0.4, 0.5) is 0 Å². The van der Waals surface area contributed by atoms with Crippen LogP contribution >= 0.6 is 0 Å². The lowest BCUT2D eigenvalue weighted by molar-refractivity contribution is 0.147. The molecule has 0 heterocycles. The summed E-state index contributed by atoms with van der Waals surface area (Å²) in [7, 11) is 0. The second kappa shape index (κ2) is 5.52. The summed E-state index contributed by atoms with van der Waals surface area (Å²) in [6, 6.07) is 8.50. The van der Waals surface area contributed by atoms with Gasteiger partial charge in [-0.3, -0.25) is 0 Å². The summed E-state index contributed by atoms with van der Waals surface area (Å²) in [6.45, 7) is 1.98. The average Bonchev–Trinajstić information content (AvgIpc) is 2.32. The van der Waals surface area contributed by atoms with Gasteiger partial charge in [0.1, 0.15) is 5.75 Å². The van der Waals surface area contributed by atoms with E-state index in [1.54, 1.807) is 0 Å². The largest absolute Gasteiger partial charge is 0.490 e. The molecule has 1 fully saturated rings. The van der Waals surface area contributed by atoms with Crippen molar-refractivity contribution in [2.24, 2.45) is 11.5 Å². The number of hydrogen-bond donors (Lipinski definition) is 2. The maximum Gasteiger partial charge on any atom is 0.120 e. The van der Waals surface area contributed by atoms with Gasteiger partial charge in [0.25, 0.3) is 0 Å². The lowest BCUT2D eigenvalue weighted by Crippen LogP contribution is -2.31. The first kappa shape index (κ1) is 12.4. The van der Waals surface area contributed by atoms with E-state index in [4.69, 9.17) is 16.2 Å². The van der Waals surface area contributed by atoms with Crippen LogP contribution in [0.5, 0.6) is 5.75 Å². The maximum atomic E-state index is 5.98. The molecule has 1 unspecified atom stereocenters. The monoisotopic (exact) mass is 234 g/mol. The minimum Gasteiger partial charge on any atom is -0.490 e. The molecule has 2 rings (SSSR count). The van der Waals surface area contributed by atoms with Crippen molar-refractivity contribution in [2.45, 2.75) is 50.8 Å². The third kappa shape index (κ3) is 3.45. The smallest absolute Gasteiger partial charge is 0.120 e. The van der Waals surface area contributed by atoms with Crippen LogP contribution in [0.2, 0.25) is 0 Å². The molecule has 4 N–H and O–H groups in total. The van der Waals surface area contributed by atoms with Crippen LogP contribution in [0.3, 0.4) is 0 Å². The van der Waals surface area contributed by atoms with Gasteiger partial charge in [-0.05, 0) is 50.3 Å². The Hall–Kier alpha value is -1.06. The first-order valence-corrected chi connectivity index (χ1v) is 6.43. The zero-order valence-electron chi connectivity index (χ0n) is 10.4. The van der Waals surface area contributed by atoms with Gasteiger partial charge in [-0.15, -0.1) is 0 Å². The van der Waals surface area contributed by atoms with E-state index in [-0.39, 0.29) is 6.04 Å². The Morgan fingerprint density at radius 3 is 2.59 bits per heavy atom. The summed E-state index contributed by atoms with van der Waals surface area (Å²) in [5.74, 6) is 0.931. The fourth-order valence-electron chi connectivity index (χ4n) is 2.27. The van der Waals surface area contributed by atoms with Crippen molar-refractivity contribution in [3.05, 3.63) is 29.8 Å². The Morgan fingerprint density at radius 1 is 1.24 bits per heavy atom. The van der Waals surface area contributed by atoms with E-state index in [1.165, 1.54) is 0 Å². The number of nitrogens with two attached hydrogens (primary N) is 2. The van der Waals surface area contributed by atoms with Crippen molar-refractivity contribution in [3.63, 3.8) is 0 Å². The quantitative estimate of drug-likeness (QED) is 0.844. The Bertz CT molecular complexity index is 357. The molecule has 1 aliphatic carbocycles. The molecule has 0 aliphatic heterocycles. The van der Waals surface area contributed by atoms with E-state index in [0.29, 0.717) is 12.1 Å². The van der Waals surface area contributed by atoms with E-state index in [1.807, 2.05) is 31.2 Å². The van der Waals surface area contributed by atoms with Gasteiger partial charge in [-0.1, -0.05) is 12.1 Å². The van der Waals surface area contributed by atoms with Gasteiger partial charge < -0.3 is 16.2 Å². The van der Waals surface area contributed by atoms with Gasteiger partial charge in [0.2, 0.25) is 0 Å². The molecule has 1 aromatic rings. The molecule has 17 heavy (non-hydrogen) atoms. The van der Waals surface area contributed by atoms with Gasteiger partial charge in [0.05, 0.1) is 6.10 Å². The molecule has 94 valence electrons. The van der Waals surface area contributed by atoms with Crippen molar-refractivity contribution < 1.29 is 4.74 Å². The van der Waals surface area contributed by atoms with Crippen LogP contribution in [0.15, 0.2) is 24.3 Å². The highest BCUT2D eigenvalue weighted by atomic mass is 16.5. The van der Waals surface area contributed by atoms with Crippen LogP contribution in [-0.4, -0.2) is 12.1 Å². The molecular weight excluding hydrogens is 212 g/mol. The van der Waals surface area contributed by atoms with E-state index in [2.05, 4.69) is 0 Å². The number of hydrogen-bond acceptors (Lipinski definition) is 3. The maximum absolute atomic E-state index is 5.98. The molecule has 3 nitrogen and oxygen atoms in total. The van der Waals surface area contributed by atoms with Crippen LogP contribution in [0.1, 0.15) is 44.2 Å². The topological polar surface area (TPSA) is 61.3 Å². The molecule has 1 saturated carbocycles. The minimum atomic E-state index is 0.0540. The number of rotatable bonds is 3. The number of ether oxygens (including phenoxy) is 1. The molecular formula is C14H22N2O. The fraction of sp³-hybridized carbons (Fsp3) is 0.571. The summed E-state index contributed by atoms with van der Waals surface area (Å²) < 4.78 is 5.98. The number of benzene rings is 1. The Morgan fingerprint density at radius 2 is 1.94 bits per heavy atom. The predicted molar refractivity (Wildman–Crippen MR) is 69.9 cm³/mol. The van der Waals surface area contributed by atoms with Gasteiger partial charge in [0.15, 0.2) is 0 Å². The van der Waals surface area contributed by atoms with Gasteiger partial charge >= 0.3 is 0 Å². The summed E-state index contributed by atoms with van der Waals surface area (Å²) in [4.78, 5) is 0. The van der Waals surface area contributed by atoms with Crippen molar-refractivity contribution in [3.8, 4) is 5.75 Å². The van der Waals surface area contributed by atoms with Crippen molar-refractivity contribution >= 4 is 0 Å². The predicted octanol–water partition coefficient (Wildman–Crippen LogP) is 2.36. The van der Waals surface area contributed by atoms with Crippen molar-refractivity contribution in [2.75, 3.05) is 0 Å². The highest BCUT2D eigenvalue weighted by Gasteiger charge is 2.19. The van der Waals surface area contributed by atoms with Crippen molar-refractivity contribution in [1.29, 1.82) is 0 Å². The zero-order valence-corrected chi connectivity index (χ0v) is 10.4. The molecule has 0 amide bonds. The van der Waals surface area contributed by atoms with Crippen LogP contribution in [0, 0.1) is 0 Å². The Labute approximate surface area is 103 Å². The first-order chi connectivity index (χ1) is 8.15. The summed E-state index contributed by atoms with van der Waals surface area (Å²) in [6.07, 6.45) is 4.57. The summed E-state index contributed by atoms with van der Waals surface area (Å²) >= 11 is 0. The SMILES string of the molecule is CC(N)c1cccc(OC2CCC(N)CC2)c1. The molecule has 0 spiro atoms. The van der Waals surface area contributed by atoms with Gasteiger partial charge in [-0.25, -0.2) is 0 Å². The van der Waals surface area contributed by atoms with Crippen molar-refractivity contribution in [1.82, 2.24) is 0 Å². The summed E-state index contributed by atoms with van der Waals surface area (Å²) in [5.41, 5.74) is 12.9. The second-order valence-corrected chi connectivity index (χ2v) is 5.02. The fourth-order valence-corrected chi connectivity index (χ4v) is 2.27. The van der Waals surface area contributed by atoms with E-state index in [0.717, 1.165) is 37.0 Å². The highest BCUT2D eigenvalue weighted by molar-refractivity contribution is 5.30. The van der Waals surface area contributed by atoms with E-state index >= 15 is 0 Å². The van der Waals surface area contributed by atoms with Crippen LogP contribution < -0.4 is 16.2 Å². The molecule has 0 saturated heterocycles. The lowest BCUT2D eigenvalue weighted by Gasteiger charge is -2.27. The molecule has 3 heteroatoms.